The van der Waals surface area contributed by atoms with Gasteiger partial charge >= 0.3 is 0 Å². The second-order valence-corrected chi connectivity index (χ2v) is 7.92. The summed E-state index contributed by atoms with van der Waals surface area (Å²) in [6.45, 7) is 4.46. The molecule has 2 atom stereocenters. The molecule has 2 aromatic rings. The molecule has 0 spiro atoms. The highest BCUT2D eigenvalue weighted by atomic mass is 16.7. The molecule has 2 aliphatic heterocycles. The number of ketones is 1. The van der Waals surface area contributed by atoms with Crippen molar-refractivity contribution in [3.63, 3.8) is 0 Å². The highest BCUT2D eigenvalue weighted by Gasteiger charge is 2.22. The molecule has 2 N–H and O–H groups in total. The van der Waals surface area contributed by atoms with Crippen LogP contribution in [0.15, 0.2) is 72.6 Å². The van der Waals surface area contributed by atoms with Gasteiger partial charge in [-0.2, -0.15) is 0 Å². The van der Waals surface area contributed by atoms with Gasteiger partial charge in [-0.05, 0) is 44.0 Å². The van der Waals surface area contributed by atoms with Gasteiger partial charge in [0.25, 0.3) is 0 Å². The van der Waals surface area contributed by atoms with Crippen LogP contribution >= 0.6 is 0 Å². The summed E-state index contributed by atoms with van der Waals surface area (Å²) in [6.07, 6.45) is 6.01. The number of fused-ring (bicyclic) bond motifs is 1. The van der Waals surface area contributed by atoms with E-state index in [0.29, 0.717) is 35.6 Å². The van der Waals surface area contributed by atoms with E-state index in [-0.39, 0.29) is 24.6 Å². The SMILES string of the molecule is CC(NC(=O)C1=CN(Cc2ccccc2)C=CC1)NC(C)C(=O)c1ccc2c(c1)OCO2. The number of hydrogen-bond donors (Lipinski definition) is 2. The summed E-state index contributed by atoms with van der Waals surface area (Å²) in [4.78, 5) is 27.5. The molecule has 32 heavy (non-hydrogen) atoms. The number of carbonyl (C=O) groups excluding carboxylic acids is 2. The fourth-order valence-electron chi connectivity index (χ4n) is 3.74. The number of nitrogens with one attached hydrogen (secondary N) is 2. The Labute approximate surface area is 187 Å². The second-order valence-electron chi connectivity index (χ2n) is 7.92. The number of hydrogen-bond acceptors (Lipinski definition) is 6. The number of benzene rings is 2. The Kier molecular flexibility index (Phi) is 6.56. The van der Waals surface area contributed by atoms with Crippen molar-refractivity contribution in [2.24, 2.45) is 0 Å². The molecule has 0 radical (unpaired) electrons. The molecule has 0 bridgehead atoms. The quantitative estimate of drug-likeness (QED) is 0.491. The summed E-state index contributed by atoms with van der Waals surface area (Å²) < 4.78 is 10.6. The van der Waals surface area contributed by atoms with Gasteiger partial charge in [0.05, 0.1) is 12.2 Å². The number of Topliss-reactive ketones (excluding diaryl/α,β-unsaturated/α-hetero) is 1. The maximum atomic E-state index is 12.8. The Hall–Kier alpha value is -3.58. The highest BCUT2D eigenvalue weighted by molar-refractivity contribution is 6.00. The topological polar surface area (TPSA) is 79.9 Å². The first kappa shape index (κ1) is 21.6. The monoisotopic (exact) mass is 433 g/mol. The molecule has 1 amide bonds. The standard InChI is InChI=1S/C25H27N3O4/c1-17(24(29)20-10-11-22-23(13-20)32-16-31-22)26-18(2)27-25(30)21-9-6-12-28(15-21)14-19-7-4-3-5-8-19/h3-8,10-13,15,17-18,26H,9,14,16H2,1-2H3,(H,27,30). The average Bonchev–Trinajstić information content (AvgIpc) is 3.27. The Balaban J connectivity index is 1.31. The molecule has 0 fully saturated rings. The van der Waals surface area contributed by atoms with Crippen molar-refractivity contribution in [1.29, 1.82) is 0 Å². The Bertz CT molecular complexity index is 1050. The Morgan fingerprint density at radius 1 is 1.06 bits per heavy atom. The highest BCUT2D eigenvalue weighted by Crippen LogP contribution is 2.32. The summed E-state index contributed by atoms with van der Waals surface area (Å²) in [7, 11) is 0. The van der Waals surface area contributed by atoms with E-state index in [4.69, 9.17) is 9.47 Å². The average molecular weight is 434 g/mol. The van der Waals surface area contributed by atoms with E-state index in [1.807, 2.05) is 48.5 Å². The van der Waals surface area contributed by atoms with Crippen LogP contribution in [0, 0.1) is 0 Å². The van der Waals surface area contributed by atoms with Crippen LogP contribution in [-0.2, 0) is 11.3 Å². The van der Waals surface area contributed by atoms with Crippen LogP contribution in [0.25, 0.3) is 0 Å². The van der Waals surface area contributed by atoms with E-state index in [2.05, 4.69) is 22.8 Å². The predicted molar refractivity (Wildman–Crippen MR) is 121 cm³/mol. The number of allylic oxidation sites excluding steroid dienone is 1. The van der Waals surface area contributed by atoms with Gasteiger partial charge < -0.3 is 19.7 Å². The van der Waals surface area contributed by atoms with Gasteiger partial charge in [0.15, 0.2) is 17.3 Å². The number of ether oxygens (including phenoxy) is 2. The maximum Gasteiger partial charge on any atom is 0.250 e. The Morgan fingerprint density at radius 2 is 1.84 bits per heavy atom. The zero-order valence-electron chi connectivity index (χ0n) is 18.2. The van der Waals surface area contributed by atoms with Crippen LogP contribution in [0.1, 0.15) is 36.2 Å². The third-order valence-electron chi connectivity index (χ3n) is 5.35. The molecule has 0 aromatic heterocycles. The van der Waals surface area contributed by atoms with Crippen molar-refractivity contribution < 1.29 is 19.1 Å². The van der Waals surface area contributed by atoms with E-state index >= 15 is 0 Å². The van der Waals surface area contributed by atoms with Crippen LogP contribution < -0.4 is 20.1 Å². The van der Waals surface area contributed by atoms with E-state index < -0.39 is 6.04 Å². The molecule has 2 heterocycles. The summed E-state index contributed by atoms with van der Waals surface area (Å²) in [5.41, 5.74) is 2.37. The van der Waals surface area contributed by atoms with Crippen molar-refractivity contribution in [2.45, 2.75) is 39.0 Å². The summed E-state index contributed by atoms with van der Waals surface area (Å²) in [5.74, 6) is 0.967. The number of nitrogens with zero attached hydrogens (tertiary/aromatic N) is 1. The minimum absolute atomic E-state index is 0.0850. The number of rotatable bonds is 8. The largest absolute Gasteiger partial charge is 0.454 e. The second kappa shape index (κ2) is 9.70. The predicted octanol–water partition coefficient (Wildman–Crippen LogP) is 3.34. The molecule has 2 unspecified atom stereocenters. The maximum absolute atomic E-state index is 12.8. The van der Waals surface area contributed by atoms with Crippen molar-refractivity contribution >= 4 is 11.7 Å². The first-order chi connectivity index (χ1) is 15.5. The van der Waals surface area contributed by atoms with Gasteiger partial charge in [-0.25, -0.2) is 0 Å². The van der Waals surface area contributed by atoms with Gasteiger partial charge in [0.1, 0.15) is 0 Å². The number of carbonyl (C=O) groups is 2. The van der Waals surface area contributed by atoms with Crippen LogP contribution in [-0.4, -0.2) is 35.6 Å². The molecule has 4 rings (SSSR count). The smallest absolute Gasteiger partial charge is 0.250 e. The molecule has 2 aliphatic rings. The molecule has 0 aliphatic carbocycles. The van der Waals surface area contributed by atoms with Crippen molar-refractivity contribution in [2.75, 3.05) is 6.79 Å². The Morgan fingerprint density at radius 3 is 2.66 bits per heavy atom. The van der Waals surface area contributed by atoms with Gasteiger partial charge in [-0.1, -0.05) is 36.4 Å². The molecular formula is C25H27N3O4. The fraction of sp³-hybridized carbons (Fsp3) is 0.280. The van der Waals surface area contributed by atoms with Crippen LogP contribution in [0.5, 0.6) is 11.5 Å². The molecule has 0 saturated carbocycles. The van der Waals surface area contributed by atoms with Crippen molar-refractivity contribution in [1.82, 2.24) is 15.5 Å². The van der Waals surface area contributed by atoms with E-state index in [1.54, 1.807) is 25.1 Å². The van der Waals surface area contributed by atoms with E-state index in [0.717, 1.165) is 0 Å². The lowest BCUT2D eigenvalue weighted by Gasteiger charge is -2.24. The van der Waals surface area contributed by atoms with Gasteiger partial charge in [0, 0.05) is 30.1 Å². The van der Waals surface area contributed by atoms with Crippen LogP contribution in [0.2, 0.25) is 0 Å². The zero-order valence-corrected chi connectivity index (χ0v) is 18.2. The minimum atomic E-state index is -0.486. The van der Waals surface area contributed by atoms with Crippen LogP contribution in [0.3, 0.4) is 0 Å². The van der Waals surface area contributed by atoms with Gasteiger partial charge in [0.2, 0.25) is 12.7 Å². The lowest BCUT2D eigenvalue weighted by atomic mass is 10.0. The lowest BCUT2D eigenvalue weighted by Crippen LogP contribution is -2.49. The molecule has 2 aromatic carbocycles. The number of amides is 1. The van der Waals surface area contributed by atoms with E-state index in [9.17, 15) is 9.59 Å². The molecule has 166 valence electrons. The van der Waals surface area contributed by atoms with Crippen molar-refractivity contribution in [3.05, 3.63) is 83.7 Å². The normalized spacial score (nSPS) is 16.3. The molecule has 0 saturated heterocycles. The van der Waals surface area contributed by atoms with Gasteiger partial charge in [-0.3, -0.25) is 14.9 Å². The minimum Gasteiger partial charge on any atom is -0.454 e. The third-order valence-corrected chi connectivity index (χ3v) is 5.35. The molecular weight excluding hydrogens is 406 g/mol. The first-order valence-electron chi connectivity index (χ1n) is 10.7. The van der Waals surface area contributed by atoms with Crippen molar-refractivity contribution in [3.8, 4) is 11.5 Å². The fourth-order valence-corrected chi connectivity index (χ4v) is 3.74. The summed E-state index contributed by atoms with van der Waals surface area (Å²) >= 11 is 0. The lowest BCUT2D eigenvalue weighted by molar-refractivity contribution is -0.118. The molecule has 7 heteroatoms. The molecule has 7 nitrogen and oxygen atoms in total. The third kappa shape index (κ3) is 5.18. The summed E-state index contributed by atoms with van der Waals surface area (Å²) in [5, 5.41) is 6.09. The first-order valence-corrected chi connectivity index (χ1v) is 10.7. The van der Waals surface area contributed by atoms with Crippen LogP contribution in [0.4, 0.5) is 0 Å². The van der Waals surface area contributed by atoms with E-state index in [1.165, 1.54) is 5.56 Å². The zero-order chi connectivity index (χ0) is 22.5. The summed E-state index contributed by atoms with van der Waals surface area (Å²) in [6, 6.07) is 14.8. The van der Waals surface area contributed by atoms with Gasteiger partial charge in [-0.15, -0.1) is 0 Å².